The van der Waals surface area contributed by atoms with Crippen molar-refractivity contribution in [3.05, 3.63) is 69.5 Å². The number of thiazole rings is 1. The van der Waals surface area contributed by atoms with Crippen LogP contribution in [0.4, 0.5) is 0 Å². The van der Waals surface area contributed by atoms with E-state index in [4.69, 9.17) is 14.8 Å². The Labute approximate surface area is 144 Å². The molecule has 0 atom stereocenters. The van der Waals surface area contributed by atoms with Crippen molar-refractivity contribution in [1.29, 1.82) is 0 Å². The number of rotatable bonds is 5. The van der Waals surface area contributed by atoms with Crippen molar-refractivity contribution in [3.8, 4) is 17.0 Å². The van der Waals surface area contributed by atoms with Crippen LogP contribution in [-0.4, -0.2) is 23.2 Å². The van der Waals surface area contributed by atoms with Crippen LogP contribution in [0.15, 0.2) is 47.8 Å². The van der Waals surface area contributed by atoms with Crippen molar-refractivity contribution in [2.24, 2.45) is 0 Å². The molecule has 122 valence electrons. The van der Waals surface area contributed by atoms with Crippen LogP contribution >= 0.6 is 11.3 Å². The molecule has 0 fully saturated rings. The Morgan fingerprint density at radius 3 is 2.62 bits per heavy atom. The number of methoxy groups -OCH3 is 1. The first-order chi connectivity index (χ1) is 11.6. The van der Waals surface area contributed by atoms with Crippen molar-refractivity contribution in [3.63, 3.8) is 0 Å². The number of carbonyl (C=O) groups is 1. The summed E-state index contributed by atoms with van der Waals surface area (Å²) in [5.74, 6) is -0.104. The summed E-state index contributed by atoms with van der Waals surface area (Å²) in [7, 11) is 1.66. The van der Waals surface area contributed by atoms with E-state index in [1.165, 1.54) is 0 Å². The van der Waals surface area contributed by atoms with Crippen molar-refractivity contribution in [2.45, 2.75) is 13.3 Å². The minimum Gasteiger partial charge on any atom is -0.496 e. The van der Waals surface area contributed by atoms with E-state index >= 15 is 0 Å². The van der Waals surface area contributed by atoms with Gasteiger partial charge < -0.3 is 9.84 Å². The largest absolute Gasteiger partial charge is 0.496 e. The maximum Gasteiger partial charge on any atom is 0.335 e. The van der Waals surface area contributed by atoms with Crippen molar-refractivity contribution >= 4 is 17.3 Å². The summed E-state index contributed by atoms with van der Waals surface area (Å²) in [6.45, 7) is 2.04. The predicted octanol–water partition coefficient (Wildman–Crippen LogP) is 4.42. The predicted molar refractivity (Wildman–Crippen MR) is 95.0 cm³/mol. The second kappa shape index (κ2) is 6.84. The summed E-state index contributed by atoms with van der Waals surface area (Å²) in [5, 5.41) is 12.0. The molecule has 0 bridgehead atoms. The van der Waals surface area contributed by atoms with Gasteiger partial charge in [-0.1, -0.05) is 23.8 Å². The van der Waals surface area contributed by atoms with E-state index in [9.17, 15) is 4.79 Å². The molecule has 2 aromatic carbocycles. The Balaban J connectivity index is 1.83. The second-order valence-electron chi connectivity index (χ2n) is 5.51. The van der Waals surface area contributed by atoms with Gasteiger partial charge in [0.05, 0.1) is 23.4 Å². The molecule has 0 aliphatic rings. The quantitative estimate of drug-likeness (QED) is 0.748. The van der Waals surface area contributed by atoms with Crippen LogP contribution in [-0.2, 0) is 6.42 Å². The molecule has 24 heavy (non-hydrogen) atoms. The van der Waals surface area contributed by atoms with Gasteiger partial charge >= 0.3 is 5.97 Å². The lowest BCUT2D eigenvalue weighted by molar-refractivity contribution is 0.0697. The van der Waals surface area contributed by atoms with Gasteiger partial charge in [-0.3, -0.25) is 0 Å². The van der Waals surface area contributed by atoms with Gasteiger partial charge in [-0.2, -0.15) is 0 Å². The molecule has 5 heteroatoms. The molecule has 0 spiro atoms. The van der Waals surface area contributed by atoms with Crippen LogP contribution in [0.25, 0.3) is 11.3 Å². The zero-order valence-electron chi connectivity index (χ0n) is 13.4. The van der Waals surface area contributed by atoms with Crippen molar-refractivity contribution in [1.82, 2.24) is 4.98 Å². The minimum absolute atomic E-state index is 0.295. The highest BCUT2D eigenvalue weighted by atomic mass is 32.1. The highest BCUT2D eigenvalue weighted by molar-refractivity contribution is 7.10. The van der Waals surface area contributed by atoms with E-state index in [1.807, 2.05) is 36.6 Å². The molecule has 3 aromatic rings. The molecule has 0 saturated heterocycles. The van der Waals surface area contributed by atoms with Crippen LogP contribution in [0.1, 0.15) is 26.5 Å². The Bertz CT molecular complexity index is 869. The first kappa shape index (κ1) is 16.2. The van der Waals surface area contributed by atoms with Crippen LogP contribution < -0.4 is 4.74 Å². The summed E-state index contributed by atoms with van der Waals surface area (Å²) in [4.78, 5) is 15.6. The first-order valence-electron chi connectivity index (χ1n) is 7.48. The number of aromatic carboxylic acids is 1. The van der Waals surface area contributed by atoms with Gasteiger partial charge in [-0.15, -0.1) is 11.3 Å². The van der Waals surface area contributed by atoms with Gasteiger partial charge in [0.2, 0.25) is 0 Å². The molecule has 0 aliphatic heterocycles. The average molecular weight is 339 g/mol. The SMILES string of the molecule is COc1ccc(C)cc1-c1csc(Cc2ccc(C(=O)O)cc2)n1. The molecule has 0 saturated carbocycles. The highest BCUT2D eigenvalue weighted by Crippen LogP contribution is 2.32. The van der Waals surface area contributed by atoms with Gasteiger partial charge in [0.15, 0.2) is 0 Å². The second-order valence-corrected chi connectivity index (χ2v) is 6.45. The normalized spacial score (nSPS) is 10.6. The molecule has 0 radical (unpaired) electrons. The van der Waals surface area contributed by atoms with Gasteiger partial charge in [-0.25, -0.2) is 9.78 Å². The van der Waals surface area contributed by atoms with Gasteiger partial charge in [0.25, 0.3) is 0 Å². The smallest absolute Gasteiger partial charge is 0.335 e. The fourth-order valence-electron chi connectivity index (χ4n) is 2.48. The molecule has 0 aliphatic carbocycles. The van der Waals surface area contributed by atoms with Crippen LogP contribution in [0.2, 0.25) is 0 Å². The fourth-order valence-corrected chi connectivity index (χ4v) is 3.31. The van der Waals surface area contributed by atoms with Crippen molar-refractivity contribution in [2.75, 3.05) is 7.11 Å². The third-order valence-corrected chi connectivity index (χ3v) is 4.59. The van der Waals surface area contributed by atoms with E-state index < -0.39 is 5.97 Å². The minimum atomic E-state index is -0.912. The molecular weight excluding hydrogens is 322 g/mol. The maximum absolute atomic E-state index is 10.9. The Morgan fingerprint density at radius 1 is 1.21 bits per heavy atom. The lowest BCUT2D eigenvalue weighted by atomic mass is 10.1. The van der Waals surface area contributed by atoms with Crippen LogP contribution in [0.5, 0.6) is 5.75 Å². The van der Waals surface area contributed by atoms with Gasteiger partial charge in [0.1, 0.15) is 5.75 Å². The number of aryl methyl sites for hydroxylation is 1. The molecule has 1 aromatic heterocycles. The monoisotopic (exact) mass is 339 g/mol. The lowest BCUT2D eigenvalue weighted by Crippen LogP contribution is -1.96. The molecule has 0 amide bonds. The maximum atomic E-state index is 10.9. The number of carboxylic acids is 1. The Kier molecular flexibility index (Phi) is 4.62. The Morgan fingerprint density at radius 2 is 1.96 bits per heavy atom. The lowest BCUT2D eigenvalue weighted by Gasteiger charge is -2.07. The standard InChI is InChI=1S/C19H17NO3S/c1-12-3-8-17(23-2)15(9-12)16-11-24-18(20-16)10-13-4-6-14(7-5-13)19(21)22/h3-9,11H,10H2,1-2H3,(H,21,22). The van der Waals surface area contributed by atoms with Crippen molar-refractivity contribution < 1.29 is 14.6 Å². The number of nitrogens with zero attached hydrogens (tertiary/aromatic N) is 1. The summed E-state index contributed by atoms with van der Waals surface area (Å²) in [5.41, 5.74) is 4.38. The molecule has 1 N–H and O–H groups in total. The number of hydrogen-bond acceptors (Lipinski definition) is 4. The van der Waals surface area contributed by atoms with E-state index in [0.29, 0.717) is 12.0 Å². The van der Waals surface area contributed by atoms with Crippen LogP contribution in [0.3, 0.4) is 0 Å². The number of hydrogen-bond donors (Lipinski definition) is 1. The van der Waals surface area contributed by atoms with E-state index in [-0.39, 0.29) is 0 Å². The van der Waals surface area contributed by atoms with E-state index in [0.717, 1.165) is 33.1 Å². The summed E-state index contributed by atoms with van der Waals surface area (Å²) >= 11 is 1.59. The molecule has 4 nitrogen and oxygen atoms in total. The van der Waals surface area contributed by atoms with Gasteiger partial charge in [-0.05, 0) is 36.8 Å². The molecule has 3 rings (SSSR count). The highest BCUT2D eigenvalue weighted by Gasteiger charge is 2.11. The summed E-state index contributed by atoms with van der Waals surface area (Å²) in [6, 6.07) is 12.9. The number of ether oxygens (including phenoxy) is 1. The zero-order valence-corrected chi connectivity index (χ0v) is 14.3. The van der Waals surface area contributed by atoms with E-state index in [2.05, 4.69) is 6.07 Å². The molecular formula is C19H17NO3S. The van der Waals surface area contributed by atoms with Gasteiger partial charge in [0, 0.05) is 17.4 Å². The first-order valence-corrected chi connectivity index (χ1v) is 8.36. The average Bonchev–Trinajstić information content (AvgIpc) is 3.03. The number of carboxylic acid groups (broad SMARTS) is 1. The molecule has 0 unspecified atom stereocenters. The Hall–Kier alpha value is -2.66. The third kappa shape index (κ3) is 3.46. The summed E-state index contributed by atoms with van der Waals surface area (Å²) < 4.78 is 5.43. The third-order valence-electron chi connectivity index (χ3n) is 3.74. The molecule has 1 heterocycles. The fraction of sp³-hybridized carbons (Fsp3) is 0.158. The van der Waals surface area contributed by atoms with Crippen LogP contribution in [0, 0.1) is 6.92 Å². The zero-order chi connectivity index (χ0) is 17.1. The topological polar surface area (TPSA) is 59.4 Å². The number of benzene rings is 2. The summed E-state index contributed by atoms with van der Waals surface area (Å²) in [6.07, 6.45) is 0.679. The van der Waals surface area contributed by atoms with E-state index in [1.54, 1.807) is 30.6 Å². The number of aromatic nitrogens is 1.